The summed E-state index contributed by atoms with van der Waals surface area (Å²) in [6, 6.07) is 2.72. The van der Waals surface area contributed by atoms with Crippen LogP contribution in [0.3, 0.4) is 0 Å². The number of nitrogens with zero attached hydrogens (tertiary/aromatic N) is 1. The van der Waals surface area contributed by atoms with E-state index in [2.05, 4.69) is 9.72 Å². The molecule has 2 rings (SSSR count). The second kappa shape index (κ2) is 8.63. The summed E-state index contributed by atoms with van der Waals surface area (Å²) in [5, 5.41) is 1.45. The fourth-order valence-corrected chi connectivity index (χ4v) is 3.23. The van der Waals surface area contributed by atoms with Crippen molar-refractivity contribution in [2.24, 2.45) is 0 Å². The van der Waals surface area contributed by atoms with Crippen LogP contribution in [0.5, 0.6) is 0 Å². The Hall–Kier alpha value is -2.56. The highest BCUT2D eigenvalue weighted by Gasteiger charge is 2.43. The summed E-state index contributed by atoms with van der Waals surface area (Å²) in [6.45, 7) is 2.27. The first kappa shape index (κ1) is 21.7. The minimum atomic E-state index is -5.25. The van der Waals surface area contributed by atoms with Crippen LogP contribution in [0.4, 0.5) is 22.0 Å². The number of thiophene rings is 1. The second-order valence-corrected chi connectivity index (χ2v) is 6.14. The van der Waals surface area contributed by atoms with Gasteiger partial charge in [0.25, 0.3) is 6.43 Å². The zero-order chi connectivity index (χ0) is 21.1. The van der Waals surface area contributed by atoms with Crippen LogP contribution < -0.4 is 0 Å². The zero-order valence-electron chi connectivity index (χ0n) is 14.6. The van der Waals surface area contributed by atoms with Gasteiger partial charge < -0.3 is 9.47 Å². The molecule has 2 heterocycles. The van der Waals surface area contributed by atoms with Crippen LogP contribution in [0.15, 0.2) is 17.5 Å². The molecule has 5 nitrogen and oxygen atoms in total. The van der Waals surface area contributed by atoms with Crippen molar-refractivity contribution in [3.8, 4) is 10.4 Å². The van der Waals surface area contributed by atoms with Gasteiger partial charge >= 0.3 is 18.1 Å². The first-order valence-corrected chi connectivity index (χ1v) is 8.82. The Morgan fingerprint density at radius 1 is 1.11 bits per heavy atom. The molecule has 0 aliphatic rings. The Kier molecular flexibility index (Phi) is 6.70. The summed E-state index contributed by atoms with van der Waals surface area (Å²) < 4.78 is 77.2. The maximum Gasteiger partial charge on any atom is 0.434 e. The third-order valence-electron chi connectivity index (χ3n) is 3.43. The third-order valence-corrected chi connectivity index (χ3v) is 4.31. The van der Waals surface area contributed by atoms with Gasteiger partial charge in [0.1, 0.15) is 5.69 Å². The maximum atomic E-state index is 13.6. The van der Waals surface area contributed by atoms with Crippen molar-refractivity contribution in [1.82, 2.24) is 4.98 Å². The number of ether oxygens (including phenoxy) is 2. The van der Waals surface area contributed by atoms with Gasteiger partial charge in [-0.05, 0) is 25.3 Å². The van der Waals surface area contributed by atoms with E-state index in [1.54, 1.807) is 0 Å². The molecule has 0 N–H and O–H groups in total. The Morgan fingerprint density at radius 2 is 1.68 bits per heavy atom. The SMILES string of the molecule is CCOC(=O)c1c(C(F)F)nc(C(F)(F)F)c(C(=O)OCC)c1-c1cccs1. The van der Waals surface area contributed by atoms with Crippen molar-refractivity contribution in [2.75, 3.05) is 13.2 Å². The van der Waals surface area contributed by atoms with E-state index in [-0.39, 0.29) is 18.1 Å². The second-order valence-electron chi connectivity index (χ2n) is 5.19. The number of hydrogen-bond acceptors (Lipinski definition) is 6. The fraction of sp³-hybridized carbons (Fsp3) is 0.353. The zero-order valence-corrected chi connectivity index (χ0v) is 15.4. The highest BCUT2D eigenvalue weighted by atomic mass is 32.1. The van der Waals surface area contributed by atoms with Gasteiger partial charge in [-0.3, -0.25) is 0 Å². The van der Waals surface area contributed by atoms with E-state index >= 15 is 0 Å². The van der Waals surface area contributed by atoms with E-state index in [0.717, 1.165) is 11.3 Å². The average Bonchev–Trinajstić information content (AvgIpc) is 3.13. The topological polar surface area (TPSA) is 65.5 Å². The summed E-state index contributed by atoms with van der Waals surface area (Å²) in [5.41, 5.74) is -5.90. The van der Waals surface area contributed by atoms with Gasteiger partial charge in [-0.2, -0.15) is 13.2 Å². The predicted molar refractivity (Wildman–Crippen MR) is 89.4 cm³/mol. The Balaban J connectivity index is 3.04. The lowest BCUT2D eigenvalue weighted by Crippen LogP contribution is -2.24. The summed E-state index contributed by atoms with van der Waals surface area (Å²) in [5.74, 6) is -2.75. The molecular formula is C17H14F5NO4S. The lowest BCUT2D eigenvalue weighted by Gasteiger charge is -2.20. The first-order valence-electron chi connectivity index (χ1n) is 7.94. The van der Waals surface area contributed by atoms with Crippen molar-refractivity contribution >= 4 is 23.3 Å². The third kappa shape index (κ3) is 4.29. The Bertz CT molecular complexity index is 865. The highest BCUT2D eigenvalue weighted by Crippen LogP contribution is 2.42. The van der Waals surface area contributed by atoms with Crippen molar-refractivity contribution in [2.45, 2.75) is 26.4 Å². The van der Waals surface area contributed by atoms with Crippen molar-refractivity contribution < 1.29 is 41.0 Å². The molecule has 2 aromatic heterocycles. The maximum absolute atomic E-state index is 13.6. The smallest absolute Gasteiger partial charge is 0.434 e. The normalized spacial score (nSPS) is 11.6. The molecule has 0 radical (unpaired) electrons. The van der Waals surface area contributed by atoms with Gasteiger partial charge in [0.05, 0.1) is 24.3 Å². The number of pyridine rings is 1. The molecular weight excluding hydrogens is 409 g/mol. The van der Waals surface area contributed by atoms with E-state index in [1.165, 1.54) is 31.4 Å². The van der Waals surface area contributed by atoms with Crippen molar-refractivity contribution in [3.05, 3.63) is 40.0 Å². The van der Waals surface area contributed by atoms with Crippen LogP contribution in [-0.2, 0) is 15.7 Å². The van der Waals surface area contributed by atoms with Gasteiger partial charge in [-0.15, -0.1) is 11.3 Å². The molecule has 0 saturated carbocycles. The molecule has 0 saturated heterocycles. The van der Waals surface area contributed by atoms with E-state index in [9.17, 15) is 31.5 Å². The van der Waals surface area contributed by atoms with Gasteiger partial charge in [0.15, 0.2) is 5.69 Å². The number of esters is 2. The molecule has 0 bridgehead atoms. The Labute approximate surface area is 160 Å². The van der Waals surface area contributed by atoms with E-state index in [4.69, 9.17) is 4.74 Å². The van der Waals surface area contributed by atoms with Crippen LogP contribution in [0, 0.1) is 0 Å². The molecule has 0 spiro atoms. The van der Waals surface area contributed by atoms with Gasteiger partial charge in [-0.1, -0.05) is 6.07 Å². The number of halogens is 5. The van der Waals surface area contributed by atoms with Crippen LogP contribution in [-0.4, -0.2) is 30.1 Å². The molecule has 152 valence electrons. The fourth-order valence-electron chi connectivity index (χ4n) is 2.45. The molecule has 28 heavy (non-hydrogen) atoms. The molecule has 11 heteroatoms. The van der Waals surface area contributed by atoms with E-state index < -0.39 is 52.6 Å². The van der Waals surface area contributed by atoms with Gasteiger partial charge in [-0.25, -0.2) is 23.4 Å². The quantitative estimate of drug-likeness (QED) is 0.477. The highest BCUT2D eigenvalue weighted by molar-refractivity contribution is 7.13. The number of aromatic nitrogens is 1. The lowest BCUT2D eigenvalue weighted by atomic mass is 9.96. The van der Waals surface area contributed by atoms with Crippen LogP contribution in [0.2, 0.25) is 0 Å². The summed E-state index contributed by atoms with van der Waals surface area (Å²) in [6.07, 6.45) is -8.76. The van der Waals surface area contributed by atoms with E-state index in [0.29, 0.717) is 0 Å². The van der Waals surface area contributed by atoms with Crippen LogP contribution in [0.1, 0.15) is 52.4 Å². The molecule has 0 fully saturated rings. The number of carbonyl (C=O) groups excluding carboxylic acids is 2. The van der Waals surface area contributed by atoms with Crippen molar-refractivity contribution in [1.29, 1.82) is 0 Å². The number of carbonyl (C=O) groups is 2. The van der Waals surface area contributed by atoms with Crippen LogP contribution >= 0.6 is 11.3 Å². The number of hydrogen-bond donors (Lipinski definition) is 0. The lowest BCUT2D eigenvalue weighted by molar-refractivity contribution is -0.142. The largest absolute Gasteiger partial charge is 0.462 e. The molecule has 0 unspecified atom stereocenters. The molecule has 0 amide bonds. The molecule has 0 aromatic carbocycles. The average molecular weight is 423 g/mol. The summed E-state index contributed by atoms with van der Waals surface area (Å²) in [4.78, 5) is 27.6. The Morgan fingerprint density at radius 3 is 2.11 bits per heavy atom. The van der Waals surface area contributed by atoms with Gasteiger partial charge in [0.2, 0.25) is 0 Å². The van der Waals surface area contributed by atoms with Crippen molar-refractivity contribution in [3.63, 3.8) is 0 Å². The molecule has 0 atom stereocenters. The van der Waals surface area contributed by atoms with E-state index in [1.807, 2.05) is 0 Å². The molecule has 0 aliphatic carbocycles. The minimum Gasteiger partial charge on any atom is -0.462 e. The predicted octanol–water partition coefficient (Wildman–Crippen LogP) is 5.12. The monoisotopic (exact) mass is 423 g/mol. The number of rotatable bonds is 6. The van der Waals surface area contributed by atoms with Gasteiger partial charge in [0, 0.05) is 10.4 Å². The molecule has 2 aromatic rings. The summed E-state index contributed by atoms with van der Waals surface area (Å²) in [7, 11) is 0. The first-order chi connectivity index (χ1) is 13.1. The summed E-state index contributed by atoms with van der Waals surface area (Å²) >= 11 is 0.860. The number of alkyl halides is 5. The standard InChI is InChI=1S/C17H14F5NO4S/c1-3-26-15(24)10-9(8-6-5-7-28-8)11(16(25)27-4-2)13(17(20,21)22)23-12(10)14(18)19/h5-7,14H,3-4H2,1-2H3. The minimum absolute atomic E-state index is 0.0130. The molecule has 0 aliphatic heterocycles. The van der Waals surface area contributed by atoms with Crippen LogP contribution in [0.25, 0.3) is 10.4 Å².